The number of halogens is 1. The summed E-state index contributed by atoms with van der Waals surface area (Å²) in [7, 11) is 0. The van der Waals surface area contributed by atoms with E-state index >= 15 is 0 Å². The smallest absolute Gasteiger partial charge is 0.293 e. The van der Waals surface area contributed by atoms with Crippen LogP contribution in [0.5, 0.6) is 0 Å². The van der Waals surface area contributed by atoms with Gasteiger partial charge in [0.2, 0.25) is 5.91 Å². The third-order valence-corrected chi connectivity index (χ3v) is 5.07. The standard InChI is InChI=1S/C20H14ClN3O3S/c1-11(25)22-14-6-7-15-18(10-14)28-20(23-15)24-19(26)17-9-8-16(27-17)12-2-4-13(21)5-3-12/h2-10H,1H3,(H,22,25)(H,23,24,26). The Balaban J connectivity index is 1.52. The molecule has 0 fully saturated rings. The first-order valence-corrected chi connectivity index (χ1v) is 9.53. The molecule has 2 aromatic heterocycles. The lowest BCUT2D eigenvalue weighted by molar-refractivity contribution is -0.114. The molecule has 6 nitrogen and oxygen atoms in total. The van der Waals surface area contributed by atoms with E-state index in [0.717, 1.165) is 15.8 Å². The number of nitrogens with one attached hydrogen (secondary N) is 2. The third-order valence-electron chi connectivity index (χ3n) is 3.89. The van der Waals surface area contributed by atoms with Gasteiger partial charge in [-0.15, -0.1) is 0 Å². The fraction of sp³-hybridized carbons (Fsp3) is 0.0500. The largest absolute Gasteiger partial charge is 0.451 e. The predicted molar refractivity (Wildman–Crippen MR) is 111 cm³/mol. The Bertz CT molecular complexity index is 1180. The number of rotatable bonds is 4. The fourth-order valence-corrected chi connectivity index (χ4v) is 3.67. The summed E-state index contributed by atoms with van der Waals surface area (Å²) in [5.41, 5.74) is 2.24. The first-order chi connectivity index (χ1) is 13.5. The van der Waals surface area contributed by atoms with E-state index in [4.69, 9.17) is 16.0 Å². The maximum Gasteiger partial charge on any atom is 0.293 e. The highest BCUT2D eigenvalue weighted by Gasteiger charge is 2.15. The number of anilines is 2. The zero-order valence-corrected chi connectivity index (χ0v) is 16.2. The van der Waals surface area contributed by atoms with Gasteiger partial charge in [0.1, 0.15) is 5.76 Å². The summed E-state index contributed by atoms with van der Waals surface area (Å²) in [6, 6.07) is 15.9. The van der Waals surface area contributed by atoms with Gasteiger partial charge in [0.05, 0.1) is 10.2 Å². The van der Waals surface area contributed by atoms with Crippen molar-refractivity contribution in [3.05, 3.63) is 65.4 Å². The molecule has 4 aromatic rings. The van der Waals surface area contributed by atoms with Gasteiger partial charge in [-0.3, -0.25) is 14.9 Å². The average molecular weight is 412 g/mol. The summed E-state index contributed by atoms with van der Waals surface area (Å²) in [5.74, 6) is 0.224. The zero-order valence-electron chi connectivity index (χ0n) is 14.7. The summed E-state index contributed by atoms with van der Waals surface area (Å²) in [4.78, 5) is 28.1. The van der Waals surface area contributed by atoms with Crippen molar-refractivity contribution in [2.45, 2.75) is 6.92 Å². The highest BCUT2D eigenvalue weighted by molar-refractivity contribution is 7.22. The molecular formula is C20H14ClN3O3S. The summed E-state index contributed by atoms with van der Waals surface area (Å²) in [6.07, 6.45) is 0. The molecule has 140 valence electrons. The number of fused-ring (bicyclic) bond motifs is 1. The summed E-state index contributed by atoms with van der Waals surface area (Å²) >= 11 is 7.21. The van der Waals surface area contributed by atoms with Crippen LogP contribution in [-0.4, -0.2) is 16.8 Å². The molecule has 0 atom stereocenters. The van der Waals surface area contributed by atoms with Crippen molar-refractivity contribution in [3.63, 3.8) is 0 Å². The quantitative estimate of drug-likeness (QED) is 0.469. The fourth-order valence-electron chi connectivity index (χ4n) is 2.65. The van der Waals surface area contributed by atoms with Crippen LogP contribution in [0.25, 0.3) is 21.5 Å². The van der Waals surface area contributed by atoms with Gasteiger partial charge in [0, 0.05) is 23.2 Å². The van der Waals surface area contributed by atoms with E-state index in [9.17, 15) is 9.59 Å². The van der Waals surface area contributed by atoms with Gasteiger partial charge in [0.25, 0.3) is 5.91 Å². The van der Waals surface area contributed by atoms with Crippen molar-refractivity contribution in [2.24, 2.45) is 0 Å². The van der Waals surface area contributed by atoms with Crippen molar-refractivity contribution >= 4 is 55.8 Å². The van der Waals surface area contributed by atoms with Crippen LogP contribution < -0.4 is 10.6 Å². The number of nitrogens with zero attached hydrogens (tertiary/aromatic N) is 1. The van der Waals surface area contributed by atoms with E-state index in [1.54, 1.807) is 36.4 Å². The van der Waals surface area contributed by atoms with Crippen LogP contribution in [-0.2, 0) is 4.79 Å². The Morgan fingerprint density at radius 1 is 1.04 bits per heavy atom. The van der Waals surface area contributed by atoms with Crippen LogP contribution in [0.4, 0.5) is 10.8 Å². The predicted octanol–water partition coefficient (Wildman–Crippen LogP) is 5.42. The molecule has 0 aliphatic carbocycles. The van der Waals surface area contributed by atoms with Gasteiger partial charge < -0.3 is 9.73 Å². The first kappa shape index (κ1) is 18.2. The van der Waals surface area contributed by atoms with Gasteiger partial charge in [0.15, 0.2) is 10.9 Å². The normalized spacial score (nSPS) is 10.8. The van der Waals surface area contributed by atoms with Crippen molar-refractivity contribution in [2.75, 3.05) is 10.6 Å². The van der Waals surface area contributed by atoms with Crippen molar-refractivity contribution in [1.29, 1.82) is 0 Å². The molecule has 2 amide bonds. The van der Waals surface area contributed by atoms with E-state index in [1.807, 2.05) is 18.2 Å². The van der Waals surface area contributed by atoms with Crippen LogP contribution in [0.15, 0.2) is 59.0 Å². The second-order valence-corrected chi connectivity index (χ2v) is 7.47. The minimum Gasteiger partial charge on any atom is -0.451 e. The van der Waals surface area contributed by atoms with Crippen LogP contribution in [0, 0.1) is 0 Å². The van der Waals surface area contributed by atoms with Gasteiger partial charge >= 0.3 is 0 Å². The van der Waals surface area contributed by atoms with Crippen molar-refractivity contribution in [3.8, 4) is 11.3 Å². The Morgan fingerprint density at radius 2 is 1.82 bits per heavy atom. The summed E-state index contributed by atoms with van der Waals surface area (Å²) in [6.45, 7) is 1.45. The summed E-state index contributed by atoms with van der Waals surface area (Å²) in [5, 5.41) is 6.55. The maximum atomic E-state index is 12.5. The van der Waals surface area contributed by atoms with Crippen LogP contribution in [0.3, 0.4) is 0 Å². The van der Waals surface area contributed by atoms with E-state index < -0.39 is 0 Å². The minimum atomic E-state index is -0.388. The molecule has 0 spiro atoms. The number of furan rings is 1. The van der Waals surface area contributed by atoms with Crippen molar-refractivity contribution < 1.29 is 14.0 Å². The lowest BCUT2D eigenvalue weighted by Gasteiger charge is -1.99. The van der Waals surface area contributed by atoms with Gasteiger partial charge in [-0.1, -0.05) is 22.9 Å². The Morgan fingerprint density at radius 3 is 2.57 bits per heavy atom. The van der Waals surface area contributed by atoms with Gasteiger partial charge in [-0.25, -0.2) is 4.98 Å². The highest BCUT2D eigenvalue weighted by Crippen LogP contribution is 2.29. The molecule has 2 heterocycles. The molecule has 0 aliphatic heterocycles. The van der Waals surface area contributed by atoms with Crippen molar-refractivity contribution in [1.82, 2.24) is 4.98 Å². The number of benzene rings is 2. The van der Waals surface area contributed by atoms with Gasteiger partial charge in [-0.2, -0.15) is 0 Å². The molecule has 0 unspecified atom stereocenters. The molecule has 0 bridgehead atoms. The molecular weight excluding hydrogens is 398 g/mol. The van der Waals surface area contributed by atoms with Crippen LogP contribution >= 0.6 is 22.9 Å². The Kier molecular flexibility index (Phi) is 4.85. The first-order valence-electron chi connectivity index (χ1n) is 8.33. The second-order valence-electron chi connectivity index (χ2n) is 6.01. The molecule has 4 rings (SSSR count). The molecule has 0 radical (unpaired) electrons. The topological polar surface area (TPSA) is 84.2 Å². The van der Waals surface area contributed by atoms with Crippen LogP contribution in [0.2, 0.25) is 5.02 Å². The number of thiazole rings is 1. The Labute approximate surface area is 169 Å². The summed E-state index contributed by atoms with van der Waals surface area (Å²) < 4.78 is 6.50. The van der Waals surface area contributed by atoms with Crippen LogP contribution in [0.1, 0.15) is 17.5 Å². The number of carbonyl (C=O) groups is 2. The van der Waals surface area contributed by atoms with E-state index in [1.165, 1.54) is 18.3 Å². The zero-order chi connectivity index (χ0) is 19.7. The lowest BCUT2D eigenvalue weighted by atomic mass is 10.2. The molecule has 2 aromatic carbocycles. The van der Waals surface area contributed by atoms with E-state index in [-0.39, 0.29) is 17.6 Å². The number of carbonyl (C=O) groups excluding carboxylic acids is 2. The SMILES string of the molecule is CC(=O)Nc1ccc2nc(NC(=O)c3ccc(-c4ccc(Cl)cc4)o3)sc2c1. The lowest BCUT2D eigenvalue weighted by Crippen LogP contribution is -2.10. The number of amides is 2. The molecule has 0 saturated carbocycles. The number of hydrogen-bond acceptors (Lipinski definition) is 5. The van der Waals surface area contributed by atoms with E-state index in [2.05, 4.69) is 15.6 Å². The number of aromatic nitrogens is 1. The number of hydrogen-bond donors (Lipinski definition) is 2. The molecule has 0 aliphatic rings. The highest BCUT2D eigenvalue weighted by atomic mass is 35.5. The average Bonchev–Trinajstić information content (AvgIpc) is 3.28. The maximum absolute atomic E-state index is 12.5. The Hall–Kier alpha value is -3.16. The molecule has 0 saturated heterocycles. The molecule has 8 heteroatoms. The molecule has 2 N–H and O–H groups in total. The molecule has 28 heavy (non-hydrogen) atoms. The monoisotopic (exact) mass is 411 g/mol. The minimum absolute atomic E-state index is 0.147. The van der Waals surface area contributed by atoms with Gasteiger partial charge in [-0.05, 0) is 54.6 Å². The third kappa shape index (κ3) is 3.90. The van der Waals surface area contributed by atoms with E-state index in [0.29, 0.717) is 21.6 Å². The second kappa shape index (κ2) is 7.46.